The molecule has 2 N–H and O–H groups in total. The highest BCUT2D eigenvalue weighted by Gasteiger charge is 2.54. The Morgan fingerprint density at radius 2 is 2.12 bits per heavy atom. The van der Waals surface area contributed by atoms with Crippen LogP contribution in [0, 0.1) is 11.8 Å². The number of ether oxygens (including phenoxy) is 2. The van der Waals surface area contributed by atoms with Gasteiger partial charge in [0, 0.05) is 25.4 Å². The lowest BCUT2D eigenvalue weighted by Crippen LogP contribution is -2.35. The molecule has 2 fully saturated rings. The van der Waals surface area contributed by atoms with E-state index in [0.717, 1.165) is 44.9 Å². The summed E-state index contributed by atoms with van der Waals surface area (Å²) in [7, 11) is 1.39. The molecule has 0 saturated heterocycles. The zero-order valence-corrected chi connectivity index (χ0v) is 16.4. The Bertz CT molecular complexity index is 463. The number of methoxy groups -OCH3 is 1. The number of aliphatic hydroxyl groups is 2. The number of fused-ring (bicyclic) bond motifs is 1. The molecule has 0 radical (unpaired) electrons. The number of esters is 1. The molecule has 5 heteroatoms. The van der Waals surface area contributed by atoms with Crippen molar-refractivity contribution in [3.8, 4) is 0 Å². The van der Waals surface area contributed by atoms with Crippen LogP contribution in [0.5, 0.6) is 0 Å². The van der Waals surface area contributed by atoms with E-state index >= 15 is 0 Å². The molecule has 5 atom stereocenters. The van der Waals surface area contributed by atoms with E-state index in [4.69, 9.17) is 4.74 Å². The Morgan fingerprint density at radius 1 is 1.31 bits per heavy atom. The SMILES string of the molecule is CCCCCC(O)C=C[C@@H]1CC[C@@H]2CC(OCCCC(=O)OC)C[C@]21O. The monoisotopic (exact) mass is 368 g/mol. The maximum absolute atomic E-state index is 11.2. The molecule has 2 unspecified atom stereocenters. The summed E-state index contributed by atoms with van der Waals surface area (Å²) >= 11 is 0. The summed E-state index contributed by atoms with van der Waals surface area (Å²) in [4.78, 5) is 11.1. The van der Waals surface area contributed by atoms with E-state index in [2.05, 4.69) is 11.7 Å². The van der Waals surface area contributed by atoms with Crippen molar-refractivity contribution < 1.29 is 24.5 Å². The Hall–Kier alpha value is -0.910. The number of hydrogen-bond acceptors (Lipinski definition) is 5. The molecule has 150 valence electrons. The van der Waals surface area contributed by atoms with Crippen LogP contribution >= 0.6 is 0 Å². The molecule has 0 spiro atoms. The van der Waals surface area contributed by atoms with Gasteiger partial charge in [-0.15, -0.1) is 0 Å². The first kappa shape index (κ1) is 21.4. The van der Waals surface area contributed by atoms with Gasteiger partial charge in [-0.05, 0) is 38.0 Å². The van der Waals surface area contributed by atoms with Gasteiger partial charge in [-0.1, -0.05) is 38.3 Å². The lowest BCUT2D eigenvalue weighted by Gasteiger charge is -2.28. The van der Waals surface area contributed by atoms with Crippen molar-refractivity contribution in [3.63, 3.8) is 0 Å². The van der Waals surface area contributed by atoms with Gasteiger partial charge in [0.25, 0.3) is 0 Å². The van der Waals surface area contributed by atoms with Crippen LogP contribution in [0.1, 0.15) is 71.1 Å². The molecule has 5 nitrogen and oxygen atoms in total. The second-order valence-electron chi connectivity index (χ2n) is 7.93. The van der Waals surface area contributed by atoms with Gasteiger partial charge in [-0.3, -0.25) is 4.79 Å². The van der Waals surface area contributed by atoms with Crippen LogP contribution in [0.4, 0.5) is 0 Å². The van der Waals surface area contributed by atoms with Gasteiger partial charge in [0.1, 0.15) is 0 Å². The first-order valence-electron chi connectivity index (χ1n) is 10.3. The van der Waals surface area contributed by atoms with E-state index in [1.165, 1.54) is 7.11 Å². The van der Waals surface area contributed by atoms with Crippen molar-refractivity contribution in [3.05, 3.63) is 12.2 Å². The van der Waals surface area contributed by atoms with E-state index in [1.807, 2.05) is 12.2 Å². The molecule has 0 heterocycles. The summed E-state index contributed by atoms with van der Waals surface area (Å²) in [5.41, 5.74) is -0.702. The lowest BCUT2D eigenvalue weighted by atomic mass is 9.86. The number of carbonyl (C=O) groups is 1. The molecule has 0 aliphatic heterocycles. The van der Waals surface area contributed by atoms with Crippen LogP contribution < -0.4 is 0 Å². The third kappa shape index (κ3) is 5.80. The predicted molar refractivity (Wildman–Crippen MR) is 101 cm³/mol. The largest absolute Gasteiger partial charge is 0.469 e. The minimum atomic E-state index is -0.702. The Kier molecular flexibility index (Phi) is 8.58. The molecule has 0 aromatic carbocycles. The first-order chi connectivity index (χ1) is 12.5. The molecule has 2 rings (SSSR count). The minimum Gasteiger partial charge on any atom is -0.469 e. The van der Waals surface area contributed by atoms with Crippen molar-refractivity contribution in [2.45, 2.75) is 88.9 Å². The second-order valence-corrected chi connectivity index (χ2v) is 7.93. The normalized spacial score (nSPS) is 32.1. The zero-order valence-electron chi connectivity index (χ0n) is 16.4. The highest BCUT2D eigenvalue weighted by Crippen LogP contribution is 2.52. The molecular weight excluding hydrogens is 332 g/mol. The van der Waals surface area contributed by atoms with E-state index in [0.29, 0.717) is 25.9 Å². The molecule has 0 aromatic rings. The summed E-state index contributed by atoms with van der Waals surface area (Å²) < 4.78 is 10.5. The average Bonchev–Trinajstić information content (AvgIpc) is 3.09. The summed E-state index contributed by atoms with van der Waals surface area (Å²) in [5.74, 6) is 0.176. The number of rotatable bonds is 11. The van der Waals surface area contributed by atoms with E-state index < -0.39 is 11.7 Å². The van der Waals surface area contributed by atoms with Crippen LogP contribution in [-0.4, -0.2) is 47.7 Å². The van der Waals surface area contributed by atoms with Gasteiger partial charge in [0.05, 0.1) is 24.9 Å². The number of unbranched alkanes of at least 4 members (excludes halogenated alkanes) is 2. The van der Waals surface area contributed by atoms with Crippen molar-refractivity contribution >= 4 is 5.97 Å². The Balaban J connectivity index is 1.76. The van der Waals surface area contributed by atoms with Crippen molar-refractivity contribution in [2.75, 3.05) is 13.7 Å². The molecule has 0 amide bonds. The topological polar surface area (TPSA) is 76.0 Å². The maximum atomic E-state index is 11.2. The molecule has 0 bridgehead atoms. The summed E-state index contributed by atoms with van der Waals surface area (Å²) in [6, 6.07) is 0. The average molecular weight is 369 g/mol. The number of hydrogen-bond donors (Lipinski definition) is 2. The molecule has 0 aromatic heterocycles. The van der Waals surface area contributed by atoms with E-state index in [1.54, 1.807) is 0 Å². The summed E-state index contributed by atoms with van der Waals surface area (Å²) in [5, 5.41) is 21.3. The van der Waals surface area contributed by atoms with Crippen LogP contribution in [0.15, 0.2) is 12.2 Å². The molecule has 26 heavy (non-hydrogen) atoms. The minimum absolute atomic E-state index is 0.0633. The Labute approximate surface area is 157 Å². The fourth-order valence-electron chi connectivity index (χ4n) is 4.51. The lowest BCUT2D eigenvalue weighted by molar-refractivity contribution is -0.141. The highest BCUT2D eigenvalue weighted by molar-refractivity contribution is 5.68. The molecule has 2 aliphatic rings. The maximum Gasteiger partial charge on any atom is 0.305 e. The van der Waals surface area contributed by atoms with Gasteiger partial charge in [-0.25, -0.2) is 0 Å². The van der Waals surface area contributed by atoms with Gasteiger partial charge in [0.2, 0.25) is 0 Å². The molecule has 2 saturated carbocycles. The third-order valence-corrected chi connectivity index (χ3v) is 6.05. The number of aliphatic hydroxyl groups excluding tert-OH is 1. The predicted octanol–water partition coefficient (Wildman–Crippen LogP) is 3.37. The first-order valence-corrected chi connectivity index (χ1v) is 10.3. The fourth-order valence-corrected chi connectivity index (χ4v) is 4.51. The van der Waals surface area contributed by atoms with E-state index in [9.17, 15) is 15.0 Å². The zero-order chi connectivity index (χ0) is 19.0. The summed E-state index contributed by atoms with van der Waals surface area (Å²) in [6.45, 7) is 2.68. The van der Waals surface area contributed by atoms with Crippen LogP contribution in [-0.2, 0) is 14.3 Å². The second kappa shape index (κ2) is 10.4. The summed E-state index contributed by atoms with van der Waals surface area (Å²) in [6.07, 6.45) is 12.3. The smallest absolute Gasteiger partial charge is 0.305 e. The van der Waals surface area contributed by atoms with Gasteiger partial charge in [-0.2, -0.15) is 0 Å². The van der Waals surface area contributed by atoms with Gasteiger partial charge < -0.3 is 19.7 Å². The fraction of sp³-hybridized carbons (Fsp3) is 0.857. The van der Waals surface area contributed by atoms with Crippen molar-refractivity contribution in [1.29, 1.82) is 0 Å². The van der Waals surface area contributed by atoms with Crippen LogP contribution in [0.3, 0.4) is 0 Å². The quantitative estimate of drug-likeness (QED) is 0.332. The molecule has 2 aliphatic carbocycles. The Morgan fingerprint density at radius 3 is 2.85 bits per heavy atom. The highest BCUT2D eigenvalue weighted by atomic mass is 16.5. The number of carbonyl (C=O) groups excluding carboxylic acids is 1. The van der Waals surface area contributed by atoms with Crippen molar-refractivity contribution in [2.24, 2.45) is 11.8 Å². The van der Waals surface area contributed by atoms with Crippen LogP contribution in [0.25, 0.3) is 0 Å². The van der Waals surface area contributed by atoms with Gasteiger partial charge >= 0.3 is 5.97 Å². The standard InChI is InChI=1S/C21H36O5/c1-3-4-5-7-18(22)12-11-16-9-10-17-14-19(15-21(16,17)24)26-13-6-8-20(23)25-2/h11-12,16-19,22,24H,3-10,13-15H2,1-2H3/t16-,17+,18?,19?,21+/m0/s1. The third-order valence-electron chi connectivity index (χ3n) is 6.05. The van der Waals surface area contributed by atoms with Crippen LogP contribution in [0.2, 0.25) is 0 Å². The van der Waals surface area contributed by atoms with Gasteiger partial charge in [0.15, 0.2) is 0 Å². The van der Waals surface area contributed by atoms with E-state index in [-0.39, 0.29) is 23.9 Å². The van der Waals surface area contributed by atoms with Crippen molar-refractivity contribution in [1.82, 2.24) is 0 Å². The molecular formula is C21H36O5.